The van der Waals surface area contributed by atoms with E-state index in [1.165, 1.54) is 41.2 Å². The van der Waals surface area contributed by atoms with E-state index in [0.717, 1.165) is 29.1 Å². The van der Waals surface area contributed by atoms with E-state index >= 15 is 0 Å². The summed E-state index contributed by atoms with van der Waals surface area (Å²) in [5, 5.41) is 2.82. The Balaban J connectivity index is 1.35. The van der Waals surface area contributed by atoms with Crippen molar-refractivity contribution in [3.63, 3.8) is 0 Å². The van der Waals surface area contributed by atoms with Gasteiger partial charge < -0.3 is 0 Å². The monoisotopic (exact) mass is 477 g/mol. The summed E-state index contributed by atoms with van der Waals surface area (Å²) in [6.45, 7) is 2.23. The topological polar surface area (TPSA) is 105 Å². The van der Waals surface area contributed by atoms with Gasteiger partial charge in [0, 0.05) is 30.0 Å². The molecule has 0 spiro atoms. The summed E-state index contributed by atoms with van der Waals surface area (Å²) in [5.41, 5.74) is 3.03. The molecular weight excluding hydrogens is 454 g/mol. The van der Waals surface area contributed by atoms with Crippen LogP contribution in [0.3, 0.4) is 0 Å². The maximum atomic E-state index is 12.5. The van der Waals surface area contributed by atoms with Crippen LogP contribution in [0.4, 0.5) is 0 Å². The highest BCUT2D eigenvalue weighted by Gasteiger charge is 2.28. The van der Waals surface area contributed by atoms with Gasteiger partial charge in [0.15, 0.2) is 0 Å². The molecule has 1 aromatic heterocycles. The molecular formula is C21H23N3O4S3. The molecule has 0 bridgehead atoms. The number of thiazole rings is 1. The van der Waals surface area contributed by atoms with Crippen LogP contribution in [0, 0.1) is 6.92 Å². The minimum atomic E-state index is -3.74. The molecule has 1 aliphatic rings. The fourth-order valence-corrected chi connectivity index (χ4v) is 6.13. The molecule has 2 N–H and O–H groups in total. The number of nitrogens with zero attached hydrogens (tertiary/aromatic N) is 1. The molecule has 0 aliphatic heterocycles. The lowest BCUT2D eigenvalue weighted by Crippen LogP contribution is -2.27. The van der Waals surface area contributed by atoms with Crippen molar-refractivity contribution >= 4 is 31.4 Å². The average Bonchev–Trinajstić information content (AvgIpc) is 3.41. The van der Waals surface area contributed by atoms with Crippen LogP contribution in [-0.2, 0) is 26.5 Å². The lowest BCUT2D eigenvalue weighted by molar-refractivity contribution is 0.577. The van der Waals surface area contributed by atoms with E-state index in [1.807, 2.05) is 36.6 Å². The Morgan fingerprint density at radius 2 is 1.55 bits per heavy atom. The largest absolute Gasteiger partial charge is 0.241 e. The molecule has 3 aromatic rings. The lowest BCUT2D eigenvalue weighted by Gasteiger charge is -2.08. The van der Waals surface area contributed by atoms with Crippen molar-refractivity contribution in [2.45, 2.75) is 42.0 Å². The second-order valence-corrected chi connectivity index (χ2v) is 11.9. The van der Waals surface area contributed by atoms with Crippen molar-refractivity contribution in [2.24, 2.45) is 0 Å². The molecule has 4 rings (SSSR count). The molecule has 1 heterocycles. The van der Waals surface area contributed by atoms with Crippen molar-refractivity contribution in [1.82, 2.24) is 14.4 Å². The number of nitrogens with one attached hydrogen (secondary N) is 2. The van der Waals surface area contributed by atoms with Gasteiger partial charge in [-0.3, -0.25) is 0 Å². The lowest BCUT2D eigenvalue weighted by atomic mass is 10.2. The Hall–Kier alpha value is -2.11. The quantitative estimate of drug-likeness (QED) is 0.493. The van der Waals surface area contributed by atoms with Crippen molar-refractivity contribution in [3.8, 4) is 10.6 Å². The van der Waals surface area contributed by atoms with Gasteiger partial charge >= 0.3 is 0 Å². The summed E-state index contributed by atoms with van der Waals surface area (Å²) in [7, 11) is -7.35. The van der Waals surface area contributed by atoms with Crippen molar-refractivity contribution in [2.75, 3.05) is 6.54 Å². The molecule has 0 atom stereocenters. The first-order valence-electron chi connectivity index (χ1n) is 9.86. The Kier molecular flexibility index (Phi) is 6.27. The summed E-state index contributed by atoms with van der Waals surface area (Å²) in [5.74, 6) is 0. The molecule has 1 saturated carbocycles. The number of rotatable bonds is 9. The first kappa shape index (κ1) is 22.1. The van der Waals surface area contributed by atoms with Crippen LogP contribution in [0.15, 0.2) is 63.7 Å². The minimum Gasteiger partial charge on any atom is -0.241 e. The Labute approximate surface area is 186 Å². The normalized spacial score (nSPS) is 14.6. The molecule has 7 nitrogen and oxygen atoms in total. The number of aryl methyl sites for hydroxylation is 1. The van der Waals surface area contributed by atoms with E-state index in [0.29, 0.717) is 6.42 Å². The highest BCUT2D eigenvalue weighted by Crippen LogP contribution is 2.25. The van der Waals surface area contributed by atoms with E-state index in [4.69, 9.17) is 0 Å². The highest BCUT2D eigenvalue weighted by atomic mass is 32.2. The summed E-state index contributed by atoms with van der Waals surface area (Å²) >= 11 is 1.52. The van der Waals surface area contributed by atoms with E-state index in [2.05, 4.69) is 14.4 Å². The number of aromatic nitrogens is 1. The number of sulfonamides is 2. The van der Waals surface area contributed by atoms with E-state index in [1.54, 1.807) is 0 Å². The Bertz CT molecular complexity index is 1260. The van der Waals surface area contributed by atoms with Crippen molar-refractivity contribution in [1.29, 1.82) is 0 Å². The molecule has 10 heteroatoms. The molecule has 0 radical (unpaired) electrons. The van der Waals surface area contributed by atoms with Gasteiger partial charge in [0.2, 0.25) is 20.0 Å². The standard InChI is InChI=1S/C21H23N3O4S3/c1-15-2-4-16(5-3-15)21-23-18(14-29-21)12-13-22-30(25,26)19-8-10-20(11-9-19)31(27,28)24-17-6-7-17/h2-5,8-11,14,17,22,24H,6-7,12-13H2,1H3. The summed E-state index contributed by atoms with van der Waals surface area (Å²) in [6.07, 6.45) is 2.13. The van der Waals surface area contributed by atoms with Crippen LogP contribution in [0.25, 0.3) is 10.6 Å². The van der Waals surface area contributed by atoms with Crippen molar-refractivity contribution in [3.05, 3.63) is 65.2 Å². The second-order valence-electron chi connectivity index (χ2n) is 7.52. The van der Waals surface area contributed by atoms with Crippen LogP contribution in [0.2, 0.25) is 0 Å². The first-order valence-corrected chi connectivity index (χ1v) is 13.7. The predicted molar refractivity (Wildman–Crippen MR) is 121 cm³/mol. The molecule has 0 unspecified atom stereocenters. The van der Waals surface area contributed by atoms with E-state index in [9.17, 15) is 16.8 Å². The first-order chi connectivity index (χ1) is 14.7. The third-order valence-corrected chi connectivity index (χ3v) is 8.82. The zero-order valence-electron chi connectivity index (χ0n) is 16.9. The molecule has 0 saturated heterocycles. The van der Waals surface area contributed by atoms with Gasteiger partial charge in [0.25, 0.3) is 0 Å². The van der Waals surface area contributed by atoms with Crippen LogP contribution < -0.4 is 9.44 Å². The maximum Gasteiger partial charge on any atom is 0.240 e. The molecule has 31 heavy (non-hydrogen) atoms. The number of hydrogen-bond donors (Lipinski definition) is 2. The fourth-order valence-electron chi connectivity index (χ4n) is 2.93. The third-order valence-electron chi connectivity index (χ3n) is 4.87. The molecule has 2 aromatic carbocycles. The van der Waals surface area contributed by atoms with Crippen molar-refractivity contribution < 1.29 is 16.8 Å². The van der Waals surface area contributed by atoms with E-state index in [-0.39, 0.29) is 22.4 Å². The third kappa shape index (κ3) is 5.58. The van der Waals surface area contributed by atoms with Gasteiger partial charge in [0.1, 0.15) is 5.01 Å². The van der Waals surface area contributed by atoms with Crippen LogP contribution in [0.1, 0.15) is 24.1 Å². The van der Waals surface area contributed by atoms with Crippen LogP contribution in [0.5, 0.6) is 0 Å². The Morgan fingerprint density at radius 3 is 2.16 bits per heavy atom. The zero-order chi connectivity index (χ0) is 22.1. The summed E-state index contributed by atoms with van der Waals surface area (Å²) < 4.78 is 54.6. The van der Waals surface area contributed by atoms with Crippen LogP contribution >= 0.6 is 11.3 Å². The highest BCUT2D eigenvalue weighted by molar-refractivity contribution is 7.90. The fraction of sp³-hybridized carbons (Fsp3) is 0.286. The number of hydrogen-bond acceptors (Lipinski definition) is 6. The zero-order valence-corrected chi connectivity index (χ0v) is 19.4. The van der Waals surface area contributed by atoms with Crippen LogP contribution in [-0.4, -0.2) is 34.4 Å². The minimum absolute atomic E-state index is 0.00712. The van der Waals surface area contributed by atoms with Gasteiger partial charge in [-0.15, -0.1) is 11.3 Å². The smallest absolute Gasteiger partial charge is 0.240 e. The molecule has 0 amide bonds. The number of benzene rings is 2. The van der Waals surface area contributed by atoms with Gasteiger partial charge in [-0.05, 0) is 44.0 Å². The Morgan fingerprint density at radius 1 is 0.935 bits per heavy atom. The average molecular weight is 478 g/mol. The molecule has 1 fully saturated rings. The maximum absolute atomic E-state index is 12.5. The molecule has 1 aliphatic carbocycles. The summed E-state index contributed by atoms with van der Waals surface area (Å²) in [6, 6.07) is 13.3. The second kappa shape index (κ2) is 8.79. The summed E-state index contributed by atoms with van der Waals surface area (Å²) in [4.78, 5) is 4.66. The van der Waals surface area contributed by atoms with E-state index < -0.39 is 20.0 Å². The predicted octanol–water partition coefficient (Wildman–Crippen LogP) is 3.08. The van der Waals surface area contributed by atoms with Gasteiger partial charge in [0.05, 0.1) is 15.5 Å². The molecule has 164 valence electrons. The van der Waals surface area contributed by atoms with Gasteiger partial charge in [-0.1, -0.05) is 29.8 Å². The van der Waals surface area contributed by atoms with Gasteiger partial charge in [-0.2, -0.15) is 0 Å². The SMILES string of the molecule is Cc1ccc(-c2nc(CCNS(=O)(=O)c3ccc(S(=O)(=O)NC4CC4)cc3)cs2)cc1. The van der Waals surface area contributed by atoms with Gasteiger partial charge in [-0.25, -0.2) is 31.3 Å².